The van der Waals surface area contributed by atoms with Crippen LogP contribution in [0.4, 0.5) is 5.69 Å². The van der Waals surface area contributed by atoms with Gasteiger partial charge in [-0.2, -0.15) is 0 Å². The van der Waals surface area contributed by atoms with Gasteiger partial charge in [0.2, 0.25) is 0 Å². The summed E-state index contributed by atoms with van der Waals surface area (Å²) in [5, 5.41) is 22.8. The number of rotatable bonds is 4. The maximum atomic E-state index is 11.8. The van der Waals surface area contributed by atoms with E-state index in [0.717, 1.165) is 5.56 Å². The molecule has 2 N–H and O–H groups in total. The predicted octanol–water partition coefficient (Wildman–Crippen LogP) is 1.40. The van der Waals surface area contributed by atoms with Crippen molar-refractivity contribution in [1.82, 2.24) is 5.32 Å². The van der Waals surface area contributed by atoms with E-state index in [1.807, 2.05) is 0 Å². The fourth-order valence-corrected chi connectivity index (χ4v) is 1.38. The average molecular weight is 252 g/mol. The van der Waals surface area contributed by atoms with Crippen molar-refractivity contribution in [3.05, 3.63) is 39.4 Å². The van der Waals surface area contributed by atoms with E-state index in [4.69, 9.17) is 0 Å². The number of nitro benzene ring substituents is 1. The van der Waals surface area contributed by atoms with Crippen molar-refractivity contribution in [2.45, 2.75) is 26.4 Å². The van der Waals surface area contributed by atoms with Crippen LogP contribution in [0.25, 0.3) is 0 Å². The van der Waals surface area contributed by atoms with Gasteiger partial charge in [0.05, 0.1) is 10.5 Å². The highest BCUT2D eigenvalue weighted by atomic mass is 16.6. The lowest BCUT2D eigenvalue weighted by Crippen LogP contribution is -2.38. The Morgan fingerprint density at radius 3 is 2.61 bits per heavy atom. The first-order chi connectivity index (χ1) is 8.20. The van der Waals surface area contributed by atoms with Gasteiger partial charge in [0.1, 0.15) is 5.56 Å². The third-order valence-electron chi connectivity index (χ3n) is 2.27. The van der Waals surface area contributed by atoms with E-state index in [0.29, 0.717) is 0 Å². The van der Waals surface area contributed by atoms with Crippen LogP contribution in [0.5, 0.6) is 0 Å². The molecule has 0 radical (unpaired) electrons. The van der Waals surface area contributed by atoms with Gasteiger partial charge in [-0.05, 0) is 32.4 Å². The standard InChI is InChI=1S/C12H16N2O4/c1-8-4-5-10(14(17)18)9(6-8)11(15)13-7-12(2,3)16/h4-6,16H,7H2,1-3H3,(H,13,15). The molecular formula is C12H16N2O4. The van der Waals surface area contributed by atoms with Gasteiger partial charge in [-0.3, -0.25) is 14.9 Å². The third-order valence-corrected chi connectivity index (χ3v) is 2.27. The number of aryl methyl sites for hydroxylation is 1. The van der Waals surface area contributed by atoms with Gasteiger partial charge in [0, 0.05) is 12.6 Å². The summed E-state index contributed by atoms with van der Waals surface area (Å²) in [6.07, 6.45) is 0. The molecule has 0 fully saturated rings. The molecule has 0 heterocycles. The Labute approximate surface area is 105 Å². The molecule has 0 unspecified atom stereocenters. The molecule has 0 aromatic heterocycles. The Morgan fingerprint density at radius 1 is 1.50 bits per heavy atom. The first-order valence-corrected chi connectivity index (χ1v) is 5.46. The summed E-state index contributed by atoms with van der Waals surface area (Å²) < 4.78 is 0. The molecule has 0 aliphatic rings. The van der Waals surface area contributed by atoms with E-state index in [1.54, 1.807) is 13.0 Å². The molecule has 0 bridgehead atoms. The summed E-state index contributed by atoms with van der Waals surface area (Å²) in [6, 6.07) is 4.33. The van der Waals surface area contributed by atoms with Crippen molar-refractivity contribution in [1.29, 1.82) is 0 Å². The number of hydrogen-bond donors (Lipinski definition) is 2. The van der Waals surface area contributed by atoms with Crippen molar-refractivity contribution in [2.24, 2.45) is 0 Å². The minimum absolute atomic E-state index is 0.00394. The lowest BCUT2D eigenvalue weighted by Gasteiger charge is -2.17. The molecule has 6 heteroatoms. The quantitative estimate of drug-likeness (QED) is 0.625. The lowest BCUT2D eigenvalue weighted by molar-refractivity contribution is -0.385. The molecule has 0 saturated carbocycles. The number of aliphatic hydroxyl groups is 1. The summed E-state index contributed by atoms with van der Waals surface area (Å²) >= 11 is 0. The number of carbonyl (C=O) groups excluding carboxylic acids is 1. The third kappa shape index (κ3) is 3.81. The Bertz CT molecular complexity index is 477. The van der Waals surface area contributed by atoms with Gasteiger partial charge < -0.3 is 10.4 Å². The first kappa shape index (κ1) is 14.1. The molecule has 98 valence electrons. The fourth-order valence-electron chi connectivity index (χ4n) is 1.38. The predicted molar refractivity (Wildman–Crippen MR) is 66.5 cm³/mol. The van der Waals surface area contributed by atoms with E-state index in [2.05, 4.69) is 5.32 Å². The van der Waals surface area contributed by atoms with Crippen molar-refractivity contribution in [3.8, 4) is 0 Å². The molecule has 1 amide bonds. The number of nitrogens with one attached hydrogen (secondary N) is 1. The maximum Gasteiger partial charge on any atom is 0.282 e. The van der Waals surface area contributed by atoms with E-state index in [9.17, 15) is 20.0 Å². The van der Waals surface area contributed by atoms with Crippen LogP contribution in [0.1, 0.15) is 29.8 Å². The molecule has 0 saturated heterocycles. The van der Waals surface area contributed by atoms with Crippen molar-refractivity contribution < 1.29 is 14.8 Å². The SMILES string of the molecule is Cc1ccc([N+](=O)[O-])c(C(=O)NCC(C)(C)O)c1. The minimum atomic E-state index is -1.06. The second-order valence-corrected chi connectivity index (χ2v) is 4.77. The largest absolute Gasteiger partial charge is 0.389 e. The van der Waals surface area contributed by atoms with Crippen LogP contribution < -0.4 is 5.32 Å². The van der Waals surface area contributed by atoms with Crippen molar-refractivity contribution >= 4 is 11.6 Å². The summed E-state index contributed by atoms with van der Waals surface area (Å²) in [5.74, 6) is -0.562. The molecule has 1 rings (SSSR count). The monoisotopic (exact) mass is 252 g/mol. The highest BCUT2D eigenvalue weighted by molar-refractivity contribution is 5.98. The van der Waals surface area contributed by atoms with E-state index >= 15 is 0 Å². The summed E-state index contributed by atoms with van der Waals surface area (Å²) in [7, 11) is 0. The molecule has 6 nitrogen and oxygen atoms in total. The minimum Gasteiger partial charge on any atom is -0.389 e. The topological polar surface area (TPSA) is 92.5 Å². The molecule has 1 aromatic rings. The summed E-state index contributed by atoms with van der Waals surface area (Å²) in [4.78, 5) is 22.1. The second kappa shape index (κ2) is 5.14. The lowest BCUT2D eigenvalue weighted by atomic mass is 10.1. The summed E-state index contributed by atoms with van der Waals surface area (Å²) in [5.41, 5.74) is -0.541. The van der Waals surface area contributed by atoms with Crippen molar-refractivity contribution in [2.75, 3.05) is 6.54 Å². The molecule has 18 heavy (non-hydrogen) atoms. The van der Waals surface area contributed by atoms with Crippen LogP contribution in [0.3, 0.4) is 0 Å². The normalized spacial score (nSPS) is 11.1. The number of benzene rings is 1. The fraction of sp³-hybridized carbons (Fsp3) is 0.417. The molecule has 0 atom stereocenters. The number of carbonyl (C=O) groups is 1. The smallest absolute Gasteiger partial charge is 0.282 e. The van der Waals surface area contributed by atoms with Crippen LogP contribution in [-0.2, 0) is 0 Å². The van der Waals surface area contributed by atoms with E-state index in [-0.39, 0.29) is 17.8 Å². The number of nitrogens with zero attached hydrogens (tertiary/aromatic N) is 1. The molecular weight excluding hydrogens is 236 g/mol. The van der Waals surface area contributed by atoms with Gasteiger partial charge >= 0.3 is 0 Å². The van der Waals surface area contributed by atoms with E-state index in [1.165, 1.54) is 26.0 Å². The van der Waals surface area contributed by atoms with E-state index < -0.39 is 16.4 Å². The van der Waals surface area contributed by atoms with Crippen LogP contribution in [0.15, 0.2) is 18.2 Å². The zero-order chi connectivity index (χ0) is 13.9. The average Bonchev–Trinajstić information content (AvgIpc) is 2.24. The van der Waals surface area contributed by atoms with Crippen LogP contribution in [0, 0.1) is 17.0 Å². The number of hydrogen-bond acceptors (Lipinski definition) is 4. The van der Waals surface area contributed by atoms with Gasteiger partial charge in [-0.15, -0.1) is 0 Å². The Kier molecular flexibility index (Phi) is 4.03. The Hall–Kier alpha value is -1.95. The van der Waals surface area contributed by atoms with Gasteiger partial charge in [0.15, 0.2) is 0 Å². The molecule has 1 aromatic carbocycles. The maximum absolute atomic E-state index is 11.8. The van der Waals surface area contributed by atoms with Gasteiger partial charge in [-0.25, -0.2) is 0 Å². The second-order valence-electron chi connectivity index (χ2n) is 4.77. The number of amides is 1. The van der Waals surface area contributed by atoms with Gasteiger partial charge in [0.25, 0.3) is 11.6 Å². The Balaban J connectivity index is 2.97. The summed E-state index contributed by atoms with van der Waals surface area (Å²) in [6.45, 7) is 4.85. The van der Waals surface area contributed by atoms with Crippen LogP contribution >= 0.6 is 0 Å². The highest BCUT2D eigenvalue weighted by Crippen LogP contribution is 2.19. The van der Waals surface area contributed by atoms with Crippen molar-refractivity contribution in [3.63, 3.8) is 0 Å². The first-order valence-electron chi connectivity index (χ1n) is 5.46. The van der Waals surface area contributed by atoms with Crippen LogP contribution in [-0.4, -0.2) is 28.1 Å². The van der Waals surface area contributed by atoms with Gasteiger partial charge in [-0.1, -0.05) is 6.07 Å². The highest BCUT2D eigenvalue weighted by Gasteiger charge is 2.21. The number of nitro groups is 1. The molecule has 0 spiro atoms. The zero-order valence-electron chi connectivity index (χ0n) is 10.6. The zero-order valence-corrected chi connectivity index (χ0v) is 10.6. The van der Waals surface area contributed by atoms with Crippen LogP contribution in [0.2, 0.25) is 0 Å². The molecule has 0 aliphatic carbocycles. The Morgan fingerprint density at radius 2 is 2.11 bits per heavy atom. The molecule has 0 aliphatic heterocycles.